The number of non-ortho nitro benzene ring substituents is 1. The van der Waals surface area contributed by atoms with Gasteiger partial charge in [0.1, 0.15) is 10.6 Å². The van der Waals surface area contributed by atoms with Crippen molar-refractivity contribution >= 4 is 21.6 Å². The molecule has 1 saturated carbocycles. The largest absolute Gasteiger partial charge is 0.437 e. The van der Waals surface area contributed by atoms with Crippen molar-refractivity contribution < 1.29 is 22.9 Å². The number of carbonyl (C=O) groups is 1. The molecule has 1 amide bonds. The monoisotopic (exact) mass is 527 g/mol. The number of nitrogens with one attached hydrogen (secondary N) is 2. The fourth-order valence-corrected chi connectivity index (χ4v) is 5.20. The number of hydrogen-bond donors (Lipinski definition) is 2. The molecule has 1 aliphatic carbocycles. The van der Waals surface area contributed by atoms with E-state index in [-0.39, 0.29) is 40.0 Å². The zero-order chi connectivity index (χ0) is 27.1. The van der Waals surface area contributed by atoms with E-state index in [1.54, 1.807) is 6.92 Å². The molecule has 12 heteroatoms. The molecule has 196 valence electrons. The average Bonchev–Trinajstić information content (AvgIpc) is 3.56. The van der Waals surface area contributed by atoms with E-state index in [0.717, 1.165) is 17.2 Å². The Balaban J connectivity index is 1.89. The lowest BCUT2D eigenvalue weighted by molar-refractivity contribution is -0.385. The highest BCUT2D eigenvalue weighted by atomic mass is 32.2. The Kier molecular flexibility index (Phi) is 7.07. The van der Waals surface area contributed by atoms with Crippen molar-refractivity contribution in [2.75, 3.05) is 0 Å². The minimum Gasteiger partial charge on any atom is -0.437 e. The molecule has 2 N–H and O–H groups in total. The number of nitrogens with zero attached hydrogens (tertiary/aromatic N) is 3. The van der Waals surface area contributed by atoms with Crippen molar-refractivity contribution in [2.45, 2.75) is 64.4 Å². The highest BCUT2D eigenvalue weighted by molar-refractivity contribution is 7.89. The number of aromatic nitrogens is 2. The highest BCUT2D eigenvalue weighted by Crippen LogP contribution is 2.37. The molecule has 0 radical (unpaired) electrons. The number of hydrogen-bond acceptors (Lipinski definition) is 7. The molecular formula is C25H29N5O6S. The summed E-state index contributed by atoms with van der Waals surface area (Å²) in [5.41, 5.74) is 2.55. The van der Waals surface area contributed by atoms with Gasteiger partial charge in [0, 0.05) is 29.8 Å². The molecule has 2 aromatic carbocycles. The van der Waals surface area contributed by atoms with Crippen molar-refractivity contribution in [1.29, 1.82) is 0 Å². The smallest absolute Gasteiger partial charge is 0.272 e. The van der Waals surface area contributed by atoms with E-state index in [1.807, 2.05) is 45.9 Å². The normalized spacial score (nSPS) is 13.6. The summed E-state index contributed by atoms with van der Waals surface area (Å²) in [4.78, 5) is 23.3. The van der Waals surface area contributed by atoms with E-state index in [4.69, 9.17) is 4.74 Å². The van der Waals surface area contributed by atoms with Crippen LogP contribution in [0, 0.1) is 30.9 Å². The summed E-state index contributed by atoms with van der Waals surface area (Å²) >= 11 is 0. The molecule has 0 aliphatic heterocycles. The number of nitro benzene ring substituents is 1. The van der Waals surface area contributed by atoms with Crippen LogP contribution in [0.5, 0.6) is 11.6 Å². The van der Waals surface area contributed by atoms with Gasteiger partial charge in [-0.25, -0.2) is 13.1 Å². The van der Waals surface area contributed by atoms with Crippen molar-refractivity contribution in [1.82, 2.24) is 19.8 Å². The number of aryl methyl sites for hydroxylation is 2. The Morgan fingerprint density at radius 2 is 1.86 bits per heavy atom. The minimum atomic E-state index is -4.12. The van der Waals surface area contributed by atoms with E-state index in [2.05, 4.69) is 15.1 Å². The van der Waals surface area contributed by atoms with Crippen LogP contribution in [0.1, 0.15) is 53.9 Å². The number of rotatable bonds is 9. The molecule has 1 aromatic heterocycles. The third-order valence-electron chi connectivity index (χ3n) is 5.83. The molecule has 11 nitrogen and oxygen atoms in total. The second-order valence-corrected chi connectivity index (χ2v) is 11.2. The third-order valence-corrected chi connectivity index (χ3v) is 7.37. The maximum atomic E-state index is 13.1. The Hall–Kier alpha value is -3.77. The van der Waals surface area contributed by atoms with Gasteiger partial charge >= 0.3 is 0 Å². The van der Waals surface area contributed by atoms with Gasteiger partial charge in [-0.15, -0.1) is 0 Å². The summed E-state index contributed by atoms with van der Waals surface area (Å²) in [6.45, 7) is 9.10. The lowest BCUT2D eigenvalue weighted by Gasteiger charge is -2.15. The number of sulfonamides is 1. The van der Waals surface area contributed by atoms with Crippen LogP contribution in [0.3, 0.4) is 0 Å². The third kappa shape index (κ3) is 5.65. The van der Waals surface area contributed by atoms with Crippen LogP contribution in [0.15, 0.2) is 41.3 Å². The second kappa shape index (κ2) is 9.94. The van der Waals surface area contributed by atoms with E-state index >= 15 is 0 Å². The first-order valence-electron chi connectivity index (χ1n) is 11.8. The number of benzene rings is 2. The fourth-order valence-electron chi connectivity index (χ4n) is 3.75. The molecule has 0 saturated heterocycles. The second-order valence-electron chi connectivity index (χ2n) is 9.49. The van der Waals surface area contributed by atoms with E-state index in [1.165, 1.54) is 16.8 Å². The summed E-state index contributed by atoms with van der Waals surface area (Å²) in [7, 11) is -4.12. The van der Waals surface area contributed by atoms with Gasteiger partial charge in [0.15, 0.2) is 5.69 Å². The van der Waals surface area contributed by atoms with Crippen LogP contribution in [0.25, 0.3) is 5.69 Å². The van der Waals surface area contributed by atoms with Gasteiger partial charge in [0.05, 0.1) is 10.6 Å². The molecule has 0 bridgehead atoms. The van der Waals surface area contributed by atoms with E-state index in [0.29, 0.717) is 24.1 Å². The van der Waals surface area contributed by atoms with Crippen molar-refractivity contribution in [3.05, 3.63) is 68.9 Å². The van der Waals surface area contributed by atoms with E-state index < -0.39 is 20.9 Å². The summed E-state index contributed by atoms with van der Waals surface area (Å²) in [5.74, 6) is -0.406. The molecule has 3 aromatic rings. The first-order chi connectivity index (χ1) is 17.4. The predicted molar refractivity (Wildman–Crippen MR) is 137 cm³/mol. The van der Waals surface area contributed by atoms with Crippen LogP contribution in [-0.4, -0.2) is 41.1 Å². The predicted octanol–water partition coefficient (Wildman–Crippen LogP) is 4.08. The SMILES string of the molecule is Cc1ccc(C)c(-n2nc(C(=O)NC(C)C)c(C)c2Oc2ccc([N+](=O)[O-])cc2S(=O)(=O)NC2CC2)c1. The Morgan fingerprint density at radius 1 is 1.16 bits per heavy atom. The Morgan fingerprint density at radius 3 is 2.49 bits per heavy atom. The molecule has 4 rings (SSSR count). The molecule has 1 aliphatic rings. The van der Waals surface area contributed by atoms with Gasteiger partial charge in [0.2, 0.25) is 15.9 Å². The van der Waals surface area contributed by atoms with Crippen molar-refractivity contribution in [2.24, 2.45) is 0 Å². The van der Waals surface area contributed by atoms with Gasteiger partial charge in [-0.05, 0) is 70.7 Å². The van der Waals surface area contributed by atoms with Gasteiger partial charge in [-0.1, -0.05) is 12.1 Å². The number of ether oxygens (including phenoxy) is 1. The van der Waals surface area contributed by atoms with Crippen LogP contribution < -0.4 is 14.8 Å². The first kappa shape index (κ1) is 26.3. The molecule has 0 atom stereocenters. The number of amides is 1. The van der Waals surface area contributed by atoms with Crippen LogP contribution in [-0.2, 0) is 10.0 Å². The van der Waals surface area contributed by atoms with Crippen molar-refractivity contribution in [3.8, 4) is 17.3 Å². The zero-order valence-corrected chi connectivity index (χ0v) is 22.0. The lowest BCUT2D eigenvalue weighted by Crippen LogP contribution is -2.31. The molecule has 37 heavy (non-hydrogen) atoms. The lowest BCUT2D eigenvalue weighted by atomic mass is 10.1. The number of carbonyl (C=O) groups excluding carboxylic acids is 1. The summed E-state index contributed by atoms with van der Waals surface area (Å²) < 4.78 is 36.4. The maximum absolute atomic E-state index is 13.1. The fraction of sp³-hybridized carbons (Fsp3) is 0.360. The topological polar surface area (TPSA) is 145 Å². The Labute approximate surface area is 215 Å². The average molecular weight is 528 g/mol. The van der Waals surface area contributed by atoms with Gasteiger partial charge in [-0.2, -0.15) is 9.78 Å². The van der Waals surface area contributed by atoms with E-state index in [9.17, 15) is 23.3 Å². The quantitative estimate of drug-likeness (QED) is 0.315. The van der Waals surface area contributed by atoms with Crippen molar-refractivity contribution in [3.63, 3.8) is 0 Å². The molecule has 0 spiro atoms. The number of nitro groups is 1. The molecule has 1 heterocycles. The zero-order valence-electron chi connectivity index (χ0n) is 21.2. The Bertz CT molecular complexity index is 1490. The minimum absolute atomic E-state index is 0.118. The van der Waals surface area contributed by atoms with Gasteiger partial charge in [0.25, 0.3) is 11.6 Å². The van der Waals surface area contributed by atoms with Crippen LogP contribution in [0.4, 0.5) is 5.69 Å². The van der Waals surface area contributed by atoms with Crippen LogP contribution >= 0.6 is 0 Å². The molecule has 1 fully saturated rings. The van der Waals surface area contributed by atoms with Gasteiger partial charge < -0.3 is 10.1 Å². The maximum Gasteiger partial charge on any atom is 0.272 e. The van der Waals surface area contributed by atoms with Crippen LogP contribution in [0.2, 0.25) is 0 Å². The standard InChI is InChI=1S/C25H29N5O6S/c1-14(2)26-24(31)23-17(5)25(29(27-23)20-12-15(3)6-7-16(20)4)36-21-11-10-19(30(32)33)13-22(21)37(34,35)28-18-8-9-18/h6-7,10-14,18,28H,8-9H2,1-5H3,(H,26,31). The molecule has 0 unspecified atom stereocenters. The highest BCUT2D eigenvalue weighted by Gasteiger charge is 2.32. The summed E-state index contributed by atoms with van der Waals surface area (Å²) in [5, 5.41) is 18.8. The van der Waals surface area contributed by atoms with Gasteiger partial charge in [-0.3, -0.25) is 14.9 Å². The summed E-state index contributed by atoms with van der Waals surface area (Å²) in [6.07, 6.45) is 1.38. The summed E-state index contributed by atoms with van der Waals surface area (Å²) in [6, 6.07) is 8.75. The molecular weight excluding hydrogens is 498 g/mol. The first-order valence-corrected chi connectivity index (χ1v) is 13.3.